The number of aliphatic carboxylic acids is 1. The highest BCUT2D eigenvalue weighted by molar-refractivity contribution is 9.10. The first-order valence-corrected chi connectivity index (χ1v) is 16.4. The van der Waals surface area contributed by atoms with Crippen molar-refractivity contribution in [1.29, 1.82) is 0 Å². The molecule has 1 aliphatic heterocycles. The molecule has 1 aromatic carbocycles. The van der Waals surface area contributed by atoms with Gasteiger partial charge >= 0.3 is 5.97 Å². The van der Waals surface area contributed by atoms with E-state index in [0.29, 0.717) is 42.2 Å². The first-order chi connectivity index (χ1) is 21.0. The van der Waals surface area contributed by atoms with Crippen molar-refractivity contribution in [2.75, 3.05) is 36.0 Å². The number of carbonyl (C=O) groups is 2. The molecule has 1 N–H and O–H groups in total. The maximum atomic E-state index is 14.2. The summed E-state index contributed by atoms with van der Waals surface area (Å²) in [7, 11) is 0. The van der Waals surface area contributed by atoms with Crippen LogP contribution in [0.15, 0.2) is 59.2 Å². The number of aryl methyl sites for hydroxylation is 1. The molecule has 2 fully saturated rings. The van der Waals surface area contributed by atoms with E-state index in [1.54, 1.807) is 6.20 Å². The highest BCUT2D eigenvalue weighted by atomic mass is 79.9. The van der Waals surface area contributed by atoms with Crippen molar-refractivity contribution in [3.8, 4) is 5.88 Å². The Morgan fingerprint density at radius 1 is 1.09 bits per heavy atom. The normalized spacial score (nSPS) is 16.4. The van der Waals surface area contributed by atoms with E-state index in [1.807, 2.05) is 60.4 Å². The molecule has 3 heterocycles. The van der Waals surface area contributed by atoms with E-state index in [9.17, 15) is 14.7 Å². The molecule has 2 aromatic heterocycles. The summed E-state index contributed by atoms with van der Waals surface area (Å²) < 4.78 is 7.08. The van der Waals surface area contributed by atoms with Crippen LogP contribution in [0, 0.1) is 24.2 Å². The van der Waals surface area contributed by atoms with Gasteiger partial charge in [0.1, 0.15) is 5.82 Å². The van der Waals surface area contributed by atoms with E-state index in [2.05, 4.69) is 46.6 Å². The first kappa shape index (κ1) is 31.9. The minimum absolute atomic E-state index is 0.0178. The molecule has 8 nitrogen and oxygen atoms in total. The Bertz CT molecular complexity index is 1480. The highest BCUT2D eigenvalue weighted by Gasteiger charge is 2.34. The van der Waals surface area contributed by atoms with E-state index < -0.39 is 5.97 Å². The van der Waals surface area contributed by atoms with Gasteiger partial charge in [-0.2, -0.15) is 0 Å². The second kappa shape index (κ2) is 13.7. The number of carboxylic acid groups (broad SMARTS) is 1. The number of ether oxygens (including phenoxy) is 1. The highest BCUT2D eigenvalue weighted by Crippen LogP contribution is 2.45. The number of rotatable bonds is 11. The van der Waals surface area contributed by atoms with Crippen molar-refractivity contribution in [2.45, 2.75) is 65.7 Å². The van der Waals surface area contributed by atoms with Crippen molar-refractivity contribution >= 4 is 39.3 Å². The Morgan fingerprint density at radius 2 is 1.84 bits per heavy atom. The molecular formula is C35H43BrN4O4. The van der Waals surface area contributed by atoms with Gasteiger partial charge in [0.05, 0.1) is 24.3 Å². The smallest absolute Gasteiger partial charge is 0.303 e. The van der Waals surface area contributed by atoms with E-state index in [4.69, 9.17) is 9.72 Å². The summed E-state index contributed by atoms with van der Waals surface area (Å²) in [6, 6.07) is 15.5. The number of carbonyl (C=O) groups excluding carboxylic acids is 1. The average Bonchev–Trinajstić information content (AvgIpc) is 3.83. The fraction of sp³-hybridized carbons (Fsp3) is 0.486. The maximum absolute atomic E-state index is 14.2. The minimum atomic E-state index is -0.767. The van der Waals surface area contributed by atoms with E-state index in [1.165, 1.54) is 0 Å². The van der Waals surface area contributed by atoms with Crippen molar-refractivity contribution in [1.82, 2.24) is 9.97 Å². The van der Waals surface area contributed by atoms with Gasteiger partial charge in [0, 0.05) is 42.1 Å². The summed E-state index contributed by atoms with van der Waals surface area (Å²) in [5, 5.41) is 9.39. The molecule has 0 radical (unpaired) electrons. The lowest BCUT2D eigenvalue weighted by atomic mass is 9.92. The maximum Gasteiger partial charge on any atom is 0.303 e. The number of benzene rings is 1. The lowest BCUT2D eigenvalue weighted by Gasteiger charge is -2.36. The molecule has 0 spiro atoms. The number of piperidine rings is 1. The van der Waals surface area contributed by atoms with Crippen LogP contribution in [0.4, 0.5) is 11.5 Å². The van der Waals surface area contributed by atoms with E-state index >= 15 is 0 Å². The fourth-order valence-electron chi connectivity index (χ4n) is 6.02. The van der Waals surface area contributed by atoms with Gasteiger partial charge in [-0.3, -0.25) is 14.5 Å². The lowest BCUT2D eigenvalue weighted by molar-refractivity contribution is -0.137. The molecule has 9 heteroatoms. The standard InChI is InChI=1S/C35H43BrN4O4/c1-23-6-5-7-31(38-23)40(22-35(2,3)4)34(43)28-11-10-27(36)19-30(28)39-16-13-24(14-17-39)21-44-32-18-26(12-15-37-32)29(20-33(41)42)25-8-9-25/h5-7,10-12,15,18-19,24-25,29H,8-9,13-14,16-17,20-22H2,1-4H3,(H,41,42). The number of nitrogens with zero attached hydrogens (tertiary/aromatic N) is 4. The number of pyridine rings is 2. The van der Waals surface area contributed by atoms with Gasteiger partial charge in [-0.15, -0.1) is 0 Å². The molecule has 2 aliphatic rings. The SMILES string of the molecule is Cc1cccc(N(CC(C)(C)C)C(=O)c2ccc(Br)cc2N2CCC(COc3cc(C(CC(=O)O)C4CC4)ccn3)CC2)n1. The van der Waals surface area contributed by atoms with Crippen molar-refractivity contribution in [3.63, 3.8) is 0 Å². The molecule has 234 valence electrons. The van der Waals surface area contributed by atoms with Crippen LogP contribution in [0.3, 0.4) is 0 Å². The molecule has 1 saturated heterocycles. The Balaban J connectivity index is 1.26. The fourth-order valence-corrected chi connectivity index (χ4v) is 6.37. The molecule has 1 amide bonds. The van der Waals surface area contributed by atoms with E-state index in [0.717, 1.165) is 60.2 Å². The zero-order valence-corrected chi connectivity index (χ0v) is 27.7. The van der Waals surface area contributed by atoms with Crippen LogP contribution in [-0.4, -0.2) is 53.2 Å². The molecule has 5 rings (SSSR count). The zero-order valence-electron chi connectivity index (χ0n) is 26.1. The molecule has 0 bridgehead atoms. The van der Waals surface area contributed by atoms with E-state index in [-0.39, 0.29) is 23.7 Å². The zero-order chi connectivity index (χ0) is 31.4. The molecule has 3 aromatic rings. The summed E-state index contributed by atoms with van der Waals surface area (Å²) in [4.78, 5) is 38.8. The second-order valence-corrected chi connectivity index (χ2v) is 14.4. The molecular weight excluding hydrogens is 620 g/mol. The number of amides is 1. The first-order valence-electron chi connectivity index (χ1n) is 15.6. The number of aromatic nitrogens is 2. The van der Waals surface area contributed by atoms with Crippen molar-refractivity contribution < 1.29 is 19.4 Å². The largest absolute Gasteiger partial charge is 0.481 e. The van der Waals surface area contributed by atoms with Crippen LogP contribution in [0.25, 0.3) is 0 Å². The monoisotopic (exact) mass is 662 g/mol. The molecule has 1 saturated carbocycles. The number of halogens is 1. The van der Waals surface area contributed by atoms with Crippen LogP contribution in [0.2, 0.25) is 0 Å². The number of anilines is 2. The average molecular weight is 664 g/mol. The van der Waals surface area contributed by atoms with Gasteiger partial charge in [-0.05, 0) is 97.7 Å². The second-order valence-electron chi connectivity index (χ2n) is 13.5. The topological polar surface area (TPSA) is 95.9 Å². The lowest BCUT2D eigenvalue weighted by Crippen LogP contribution is -2.41. The summed E-state index contributed by atoms with van der Waals surface area (Å²) in [5.74, 6) is 1.22. The van der Waals surface area contributed by atoms with Crippen LogP contribution in [0.5, 0.6) is 5.88 Å². The predicted octanol–water partition coefficient (Wildman–Crippen LogP) is 7.50. The number of hydrogen-bond donors (Lipinski definition) is 1. The third-order valence-electron chi connectivity index (χ3n) is 8.41. The molecule has 44 heavy (non-hydrogen) atoms. The van der Waals surface area contributed by atoms with Crippen LogP contribution in [0.1, 0.15) is 80.4 Å². The molecule has 1 unspecified atom stereocenters. The summed E-state index contributed by atoms with van der Waals surface area (Å²) in [6.45, 7) is 11.1. The predicted molar refractivity (Wildman–Crippen MR) is 177 cm³/mol. The van der Waals surface area contributed by atoms with Crippen molar-refractivity contribution in [3.05, 3.63) is 76.0 Å². The third kappa shape index (κ3) is 8.37. The third-order valence-corrected chi connectivity index (χ3v) is 8.91. The van der Waals surface area contributed by atoms with Crippen molar-refractivity contribution in [2.24, 2.45) is 17.3 Å². The number of hydrogen-bond acceptors (Lipinski definition) is 6. The van der Waals surface area contributed by atoms with Crippen LogP contribution < -0.4 is 14.5 Å². The molecule has 1 atom stereocenters. The van der Waals surface area contributed by atoms with Gasteiger partial charge in [0.15, 0.2) is 0 Å². The van der Waals surface area contributed by atoms with Gasteiger partial charge in [-0.25, -0.2) is 9.97 Å². The number of carboxylic acids is 1. The summed E-state index contributed by atoms with van der Waals surface area (Å²) in [6.07, 6.45) is 5.88. The summed E-state index contributed by atoms with van der Waals surface area (Å²) >= 11 is 3.63. The summed E-state index contributed by atoms with van der Waals surface area (Å²) in [5.41, 5.74) is 3.36. The quantitative estimate of drug-likeness (QED) is 0.227. The van der Waals surface area contributed by atoms with Gasteiger partial charge in [0.2, 0.25) is 5.88 Å². The minimum Gasteiger partial charge on any atom is -0.481 e. The van der Waals surface area contributed by atoms with Crippen LogP contribution >= 0.6 is 15.9 Å². The Hall–Kier alpha value is -3.46. The van der Waals surface area contributed by atoms with Gasteiger partial charge in [0.25, 0.3) is 5.91 Å². The van der Waals surface area contributed by atoms with Crippen LogP contribution in [-0.2, 0) is 4.79 Å². The van der Waals surface area contributed by atoms with Gasteiger partial charge in [-0.1, -0.05) is 42.8 Å². The Morgan fingerprint density at radius 3 is 2.50 bits per heavy atom. The van der Waals surface area contributed by atoms with Gasteiger partial charge < -0.3 is 14.7 Å². The molecule has 1 aliphatic carbocycles. The Kier molecular flexibility index (Phi) is 9.93. The Labute approximate surface area is 269 Å².